The van der Waals surface area contributed by atoms with E-state index in [-0.39, 0.29) is 5.56 Å². The average molecular weight is 620 g/mol. The number of amides is 2. The third-order valence-electron chi connectivity index (χ3n) is 4.62. The summed E-state index contributed by atoms with van der Waals surface area (Å²) in [6, 6.07) is 20.2. The molecule has 0 aliphatic heterocycles. The van der Waals surface area contributed by atoms with Crippen LogP contribution in [0.3, 0.4) is 0 Å². The molecule has 2 atom stereocenters. The van der Waals surface area contributed by atoms with Crippen molar-refractivity contribution in [3.63, 3.8) is 0 Å². The van der Waals surface area contributed by atoms with E-state index in [2.05, 4.69) is 10.2 Å². The fourth-order valence-corrected chi connectivity index (χ4v) is 15.4. The Labute approximate surface area is 228 Å². The van der Waals surface area contributed by atoms with Gasteiger partial charge in [-0.25, -0.2) is 0 Å². The summed E-state index contributed by atoms with van der Waals surface area (Å²) in [5.41, 5.74) is 6.35. The summed E-state index contributed by atoms with van der Waals surface area (Å²) in [4.78, 5) is 52.6. The van der Waals surface area contributed by atoms with E-state index in [4.69, 9.17) is 15.2 Å². The Hall–Kier alpha value is -3.67. The first-order valence-electron chi connectivity index (χ1n) is 10.8. The van der Waals surface area contributed by atoms with Gasteiger partial charge in [0.25, 0.3) is 0 Å². The minimum atomic E-state index is -2.26. The molecule has 0 heterocycles. The molecule has 0 saturated heterocycles. The minimum absolute atomic E-state index is 0.213. The molecule has 38 heavy (non-hydrogen) atoms. The van der Waals surface area contributed by atoms with Crippen LogP contribution in [0.1, 0.15) is 27.6 Å². The fraction of sp³-hybridized carbons (Fsp3) is 0.125. The maximum atomic E-state index is 12.8. The number of ether oxygens (including phenoxy) is 2. The summed E-state index contributed by atoms with van der Waals surface area (Å²) in [7, 11) is 4.26. The van der Waals surface area contributed by atoms with Crippen LogP contribution in [0.5, 0.6) is 0 Å². The van der Waals surface area contributed by atoms with Gasteiger partial charge in [-0.3, -0.25) is 0 Å². The van der Waals surface area contributed by atoms with Crippen molar-refractivity contribution in [2.75, 3.05) is 12.4 Å². The molecule has 11 nitrogen and oxygen atoms in total. The third-order valence-corrected chi connectivity index (χ3v) is 16.6. The standard InChI is InChI=1S/C24H22AsN3O8S2/c1-15(36-28(32)33)35-23(30)19-8-4-6-10-21(19)38-25(16-11-13-17(14-12-16)27-24(26)31)37-20-9-5-3-7-18(20)22(29)34-2/h3-15H,1-2H3,(H3,26,27,31). The monoisotopic (exact) mass is 619 g/mol. The summed E-state index contributed by atoms with van der Waals surface area (Å²) in [6.07, 6.45) is -1.39. The zero-order valence-electron chi connectivity index (χ0n) is 20.1. The molecule has 0 spiro atoms. The first kappa shape index (κ1) is 28.9. The van der Waals surface area contributed by atoms with E-state index in [9.17, 15) is 24.5 Å². The number of benzene rings is 3. The average Bonchev–Trinajstić information content (AvgIpc) is 2.88. The van der Waals surface area contributed by atoms with E-state index in [0.29, 0.717) is 21.0 Å². The van der Waals surface area contributed by atoms with Gasteiger partial charge < -0.3 is 0 Å². The molecule has 0 aliphatic carbocycles. The second kappa shape index (κ2) is 13.8. The van der Waals surface area contributed by atoms with Crippen molar-refractivity contribution in [2.24, 2.45) is 5.73 Å². The maximum absolute atomic E-state index is 12.8. The molecule has 3 N–H and O–H groups in total. The van der Waals surface area contributed by atoms with Crippen LogP contribution in [-0.4, -0.2) is 48.8 Å². The number of esters is 2. The van der Waals surface area contributed by atoms with Gasteiger partial charge in [0.2, 0.25) is 0 Å². The van der Waals surface area contributed by atoms with Crippen molar-refractivity contribution >= 4 is 60.4 Å². The number of nitrogens with one attached hydrogen (secondary N) is 1. The normalized spacial score (nSPS) is 12.1. The first-order valence-corrected chi connectivity index (χ1v) is 17.9. The van der Waals surface area contributed by atoms with Crippen molar-refractivity contribution in [1.82, 2.24) is 0 Å². The summed E-state index contributed by atoms with van der Waals surface area (Å²) in [5.74, 6) is -1.26. The predicted molar refractivity (Wildman–Crippen MR) is 144 cm³/mol. The third kappa shape index (κ3) is 8.17. The summed E-state index contributed by atoms with van der Waals surface area (Å²) in [5, 5.41) is 12.1. The van der Waals surface area contributed by atoms with Gasteiger partial charge in [0, 0.05) is 0 Å². The van der Waals surface area contributed by atoms with Crippen LogP contribution in [0.2, 0.25) is 0 Å². The number of carbonyl (C=O) groups excluding carboxylic acids is 3. The molecule has 3 aromatic carbocycles. The second-order valence-corrected chi connectivity index (χ2v) is 18.0. The van der Waals surface area contributed by atoms with E-state index in [0.717, 1.165) is 4.35 Å². The van der Waals surface area contributed by atoms with Crippen molar-refractivity contribution in [1.29, 1.82) is 0 Å². The second-order valence-electron chi connectivity index (χ2n) is 7.26. The van der Waals surface area contributed by atoms with Gasteiger partial charge in [0.15, 0.2) is 0 Å². The SMILES string of the molecule is COC(=O)c1ccccc1S[As](Sc1ccccc1C(=O)OC(C)O[N+](=O)[O-])c1ccc(NC(N)=O)cc1. The van der Waals surface area contributed by atoms with Gasteiger partial charge in [-0.2, -0.15) is 0 Å². The van der Waals surface area contributed by atoms with E-state index in [1.165, 1.54) is 34.1 Å². The number of nitrogens with two attached hydrogens (primary N) is 1. The van der Waals surface area contributed by atoms with Gasteiger partial charge in [0.1, 0.15) is 0 Å². The number of methoxy groups -OCH3 is 1. The molecule has 198 valence electrons. The zero-order valence-corrected chi connectivity index (χ0v) is 23.6. The van der Waals surface area contributed by atoms with Gasteiger partial charge >= 0.3 is 229 Å². The fourth-order valence-electron chi connectivity index (χ4n) is 3.01. The zero-order chi connectivity index (χ0) is 27.7. The molecule has 2 unspecified atom stereocenters. The van der Waals surface area contributed by atoms with E-state index >= 15 is 0 Å². The number of rotatable bonds is 11. The van der Waals surface area contributed by atoms with E-state index < -0.39 is 41.7 Å². The Balaban J connectivity index is 1.97. The molecule has 0 radical (unpaired) electrons. The molecular weight excluding hydrogens is 597 g/mol. The molecule has 0 saturated carbocycles. The van der Waals surface area contributed by atoms with Gasteiger partial charge in [-0.1, -0.05) is 0 Å². The Morgan fingerprint density at radius 2 is 1.45 bits per heavy atom. The topological polar surface area (TPSA) is 160 Å². The molecule has 2 amide bonds. The molecule has 3 rings (SSSR count). The Morgan fingerprint density at radius 3 is 1.95 bits per heavy atom. The van der Waals surface area contributed by atoms with Crippen LogP contribution in [0.15, 0.2) is 82.6 Å². The summed E-state index contributed by atoms with van der Waals surface area (Å²) < 4.78 is 11.0. The molecule has 14 heteroatoms. The number of carbonyl (C=O) groups is 3. The van der Waals surface area contributed by atoms with Crippen LogP contribution in [0.25, 0.3) is 0 Å². The van der Waals surface area contributed by atoms with Crippen LogP contribution in [0.4, 0.5) is 10.5 Å². The van der Waals surface area contributed by atoms with Crippen molar-refractivity contribution in [2.45, 2.75) is 23.0 Å². The molecule has 0 fully saturated rings. The Kier molecular flexibility index (Phi) is 10.5. The molecular formula is C24H22AsN3O8S2. The number of anilines is 1. The van der Waals surface area contributed by atoms with Gasteiger partial charge in [0.05, 0.1) is 0 Å². The number of hydrogen-bond donors (Lipinski definition) is 2. The Morgan fingerprint density at radius 1 is 0.921 bits per heavy atom. The first-order chi connectivity index (χ1) is 18.2. The summed E-state index contributed by atoms with van der Waals surface area (Å²) >= 11 is -2.26. The Bertz CT molecular complexity index is 1330. The van der Waals surface area contributed by atoms with Crippen molar-refractivity contribution in [3.05, 3.63) is 94.0 Å². The van der Waals surface area contributed by atoms with E-state index in [1.54, 1.807) is 48.5 Å². The van der Waals surface area contributed by atoms with Crippen molar-refractivity contribution < 1.29 is 33.8 Å². The quantitative estimate of drug-likeness (QED) is 0.106. The van der Waals surface area contributed by atoms with Gasteiger partial charge in [-0.15, -0.1) is 0 Å². The van der Waals surface area contributed by atoms with Gasteiger partial charge in [-0.05, 0) is 0 Å². The van der Waals surface area contributed by atoms with Crippen LogP contribution in [0, 0.1) is 10.1 Å². The number of hydrogen-bond acceptors (Lipinski definition) is 10. The summed E-state index contributed by atoms with van der Waals surface area (Å²) in [6.45, 7) is 1.25. The molecule has 0 bridgehead atoms. The van der Waals surface area contributed by atoms with Crippen LogP contribution in [-0.2, 0) is 14.3 Å². The van der Waals surface area contributed by atoms with E-state index in [1.807, 2.05) is 24.3 Å². The predicted octanol–water partition coefficient (Wildman–Crippen LogP) is 3.95. The van der Waals surface area contributed by atoms with Crippen LogP contribution < -0.4 is 15.4 Å². The number of nitrogens with zero attached hydrogens (tertiary/aromatic N) is 1. The molecule has 3 aromatic rings. The molecule has 0 aliphatic rings. The molecule has 0 aromatic heterocycles. The van der Waals surface area contributed by atoms with Crippen LogP contribution >= 0.6 is 20.0 Å². The van der Waals surface area contributed by atoms with Crippen molar-refractivity contribution in [3.8, 4) is 0 Å². The number of urea groups is 1. The number of primary amides is 1.